The van der Waals surface area contributed by atoms with Crippen LogP contribution in [-0.2, 0) is 0 Å². The third-order valence-electron chi connectivity index (χ3n) is 0. The molecule has 0 N–H and O–H groups in total. The molecule has 0 heterocycles. The molecule has 0 rings (SSSR count). The third kappa shape index (κ3) is 68.3. The molecule has 0 fully saturated rings. The summed E-state index contributed by atoms with van der Waals surface area (Å²) in [7, 11) is 0. The number of rotatable bonds is 0. The summed E-state index contributed by atoms with van der Waals surface area (Å²) in [5, 5.41) is 16.7. The van der Waals surface area contributed by atoms with E-state index in [0.29, 0.717) is 0 Å². The second-order valence-corrected chi connectivity index (χ2v) is 0.250. The van der Waals surface area contributed by atoms with E-state index >= 15 is 0 Å². The average molecular weight is 114 g/mol. The Morgan fingerprint density at radius 1 is 1.14 bits per heavy atom. The van der Waals surface area contributed by atoms with Crippen molar-refractivity contribution < 1.29 is 52.7 Å². The molecule has 0 saturated carbocycles. The first-order chi connectivity index (χ1) is 1.73. The summed E-state index contributed by atoms with van der Waals surface area (Å²) in [6.45, 7) is 0. The Bertz CT molecular complexity index is 35.9. The van der Waals surface area contributed by atoms with Crippen molar-refractivity contribution in [3.63, 3.8) is 0 Å². The van der Waals surface area contributed by atoms with Crippen molar-refractivity contribution >= 4 is 57.5 Å². The molecule has 7 heavy (non-hydrogen) atoms. The van der Waals surface area contributed by atoms with E-state index in [4.69, 9.17) is 15.0 Å². The fourth-order valence-electron chi connectivity index (χ4n) is 0. The minimum atomic E-state index is -2.33. The molecule has 0 aromatic carbocycles. The Labute approximate surface area is 108 Å². The molecular weight excluding hydrogens is 113 g/mol. The number of hydrogen-bond acceptors (Lipinski definition) is 3. The number of hydrogen-bond donors (Lipinski definition) is 0. The second kappa shape index (κ2) is 15.7. The van der Waals surface area contributed by atoms with Gasteiger partial charge in [0.2, 0.25) is 0 Å². The van der Waals surface area contributed by atoms with E-state index in [2.05, 4.69) is 0 Å². The first-order valence-electron chi connectivity index (χ1n) is 0.612. The molecule has 0 radical (unpaired) electrons. The van der Waals surface area contributed by atoms with Crippen molar-refractivity contribution in [1.82, 2.24) is 0 Å². The maximum absolute atomic E-state index is 8.33. The van der Waals surface area contributed by atoms with Crippen molar-refractivity contribution in [2.75, 3.05) is 0 Å². The SMILES string of the molecule is O=C([O-])[O-].[KH].[Li+].[Li+]. The molecule has 0 atom stereocenters. The van der Waals surface area contributed by atoms with Crippen LogP contribution in [-0.4, -0.2) is 57.5 Å². The van der Waals surface area contributed by atoms with Crippen molar-refractivity contribution in [3.8, 4) is 0 Å². The fraction of sp³-hybridized carbons (Fsp3) is 0. The topological polar surface area (TPSA) is 63.2 Å². The van der Waals surface area contributed by atoms with E-state index in [9.17, 15) is 0 Å². The zero-order valence-corrected chi connectivity index (χ0v) is 3.72. The Kier molecular flexibility index (Phi) is 51.5. The molecule has 0 aliphatic carbocycles. The van der Waals surface area contributed by atoms with Crippen LogP contribution in [0.15, 0.2) is 0 Å². The van der Waals surface area contributed by atoms with E-state index in [-0.39, 0.29) is 89.1 Å². The van der Waals surface area contributed by atoms with E-state index in [1.54, 1.807) is 0 Å². The molecule has 26 valence electrons. The van der Waals surface area contributed by atoms with Crippen molar-refractivity contribution in [2.45, 2.75) is 0 Å². The van der Waals surface area contributed by atoms with Crippen LogP contribution >= 0.6 is 0 Å². The van der Waals surface area contributed by atoms with E-state index in [0.717, 1.165) is 0 Å². The first kappa shape index (κ1) is 23.0. The summed E-state index contributed by atoms with van der Waals surface area (Å²) < 4.78 is 0. The summed E-state index contributed by atoms with van der Waals surface area (Å²) in [5.74, 6) is 0. The Balaban J connectivity index is -0.0000000150. The molecule has 0 aliphatic heterocycles. The Hall–Kier alpha value is 2.10. The monoisotopic (exact) mass is 114 g/mol. The molecule has 3 nitrogen and oxygen atoms in total. The molecule has 0 bridgehead atoms. The fourth-order valence-corrected chi connectivity index (χ4v) is 0. The van der Waals surface area contributed by atoms with Crippen LogP contribution in [0.4, 0.5) is 4.79 Å². The van der Waals surface area contributed by atoms with Crippen LogP contribution in [0, 0.1) is 0 Å². The van der Waals surface area contributed by atoms with Gasteiger partial charge in [0.25, 0.3) is 0 Å². The normalized spacial score (nSPS) is 3.43. The van der Waals surface area contributed by atoms with Crippen molar-refractivity contribution in [3.05, 3.63) is 0 Å². The predicted octanol–water partition coefficient (Wildman–Crippen LogP) is -9.09. The molecule has 0 amide bonds. The molecule has 0 unspecified atom stereocenters. The average Bonchev–Trinajstić information content (AvgIpc) is 0.811. The van der Waals surface area contributed by atoms with Gasteiger partial charge in [0.15, 0.2) is 0 Å². The maximum atomic E-state index is 8.33. The summed E-state index contributed by atoms with van der Waals surface area (Å²) in [6, 6.07) is 0. The van der Waals surface area contributed by atoms with Crippen LogP contribution in [0.1, 0.15) is 0 Å². The van der Waals surface area contributed by atoms with Crippen LogP contribution in [0.25, 0.3) is 0 Å². The van der Waals surface area contributed by atoms with Crippen LogP contribution in [0.5, 0.6) is 0 Å². The number of carbonyl (C=O) groups excluding carboxylic acids is 1. The molecule has 0 aliphatic rings. The molecular formula is CHKLi2O3. The summed E-state index contributed by atoms with van der Waals surface area (Å²) >= 11 is 0. The largest absolute Gasteiger partial charge is 1.00 e. The van der Waals surface area contributed by atoms with Gasteiger partial charge < -0.3 is 15.0 Å². The first-order valence-corrected chi connectivity index (χ1v) is 0.612. The second-order valence-electron chi connectivity index (χ2n) is 0.250. The van der Waals surface area contributed by atoms with Gasteiger partial charge in [0, 0.05) is 0 Å². The maximum Gasteiger partial charge on any atom is 1.00 e. The standard InChI is InChI=1S/CH2O3.K.2Li.H/c2-1(3)4;;;;/h(H2,2,3,4);;;;/q;;2*+1;/p-2. The summed E-state index contributed by atoms with van der Waals surface area (Å²) in [6.07, 6.45) is -2.33. The Morgan fingerprint density at radius 3 is 1.14 bits per heavy atom. The molecule has 0 saturated heterocycles. The molecule has 6 heteroatoms. The van der Waals surface area contributed by atoms with Crippen LogP contribution in [0.2, 0.25) is 0 Å². The molecule has 0 aromatic rings. The van der Waals surface area contributed by atoms with Gasteiger partial charge in [0.1, 0.15) is 0 Å². The van der Waals surface area contributed by atoms with Gasteiger partial charge >= 0.3 is 89.1 Å². The van der Waals surface area contributed by atoms with Gasteiger partial charge in [-0.15, -0.1) is 0 Å². The number of carboxylic acid groups (broad SMARTS) is 2. The van der Waals surface area contributed by atoms with E-state index in [1.165, 1.54) is 0 Å². The van der Waals surface area contributed by atoms with E-state index in [1.807, 2.05) is 0 Å². The van der Waals surface area contributed by atoms with Gasteiger partial charge in [-0.1, -0.05) is 0 Å². The third-order valence-corrected chi connectivity index (χ3v) is 0. The van der Waals surface area contributed by atoms with Crippen LogP contribution < -0.4 is 47.9 Å². The zero-order valence-electron chi connectivity index (χ0n) is 3.72. The zero-order chi connectivity index (χ0) is 3.58. The minimum absolute atomic E-state index is 0. The quantitative estimate of drug-likeness (QED) is 0.294. The van der Waals surface area contributed by atoms with Crippen molar-refractivity contribution in [2.24, 2.45) is 0 Å². The van der Waals surface area contributed by atoms with Crippen LogP contribution in [0.3, 0.4) is 0 Å². The van der Waals surface area contributed by atoms with Gasteiger partial charge in [-0.05, 0) is 6.16 Å². The molecule has 0 spiro atoms. The smallest absolute Gasteiger partial charge is 1.00 e. The van der Waals surface area contributed by atoms with E-state index < -0.39 is 6.16 Å². The number of carbonyl (C=O) groups is 1. The summed E-state index contributed by atoms with van der Waals surface area (Å²) in [5.41, 5.74) is 0. The van der Waals surface area contributed by atoms with Gasteiger partial charge in [0.05, 0.1) is 0 Å². The van der Waals surface area contributed by atoms with Gasteiger partial charge in [-0.25, -0.2) is 0 Å². The Morgan fingerprint density at radius 2 is 1.14 bits per heavy atom. The summed E-state index contributed by atoms with van der Waals surface area (Å²) in [4.78, 5) is 8.33. The predicted molar refractivity (Wildman–Crippen MR) is 12.5 cm³/mol. The minimum Gasteiger partial charge on any atom is 1.00 e. The van der Waals surface area contributed by atoms with Gasteiger partial charge in [-0.2, -0.15) is 0 Å². The van der Waals surface area contributed by atoms with Gasteiger partial charge in [-0.3, -0.25) is 0 Å². The molecule has 0 aromatic heterocycles. The van der Waals surface area contributed by atoms with Crippen molar-refractivity contribution in [1.29, 1.82) is 0 Å².